The van der Waals surface area contributed by atoms with Crippen LogP contribution in [0.4, 0.5) is 0 Å². The van der Waals surface area contributed by atoms with Crippen molar-refractivity contribution >= 4 is 23.7 Å². The van der Waals surface area contributed by atoms with Crippen LogP contribution in [0.3, 0.4) is 0 Å². The lowest BCUT2D eigenvalue weighted by Crippen LogP contribution is -2.52. The summed E-state index contributed by atoms with van der Waals surface area (Å²) >= 11 is 0. The summed E-state index contributed by atoms with van der Waals surface area (Å²) in [6.45, 7) is 5.53. The van der Waals surface area contributed by atoms with Crippen LogP contribution in [0.5, 0.6) is 0 Å². The van der Waals surface area contributed by atoms with Gasteiger partial charge in [-0.3, -0.25) is 8.81 Å². The molecule has 1 aromatic heterocycles. The number of aromatic nitrogens is 2. The Morgan fingerprint density at radius 2 is 1.44 bits per heavy atom. The number of hydrogen-bond acceptors (Lipinski definition) is 4. The van der Waals surface area contributed by atoms with Crippen LogP contribution in [0.2, 0.25) is 13.6 Å². The highest BCUT2D eigenvalue weighted by atomic mass is 32.2. The van der Waals surface area contributed by atoms with E-state index in [2.05, 4.69) is 5.10 Å². The molecule has 0 aliphatic carbocycles. The SMILES string of the molecule is CCC(O)Cn1ccc(S(=O)(=O)N(B(C)Cc2ccccc2)B(C)Cc2ccccc2)n1. The fourth-order valence-electron chi connectivity index (χ4n) is 4.03. The Balaban J connectivity index is 1.91. The van der Waals surface area contributed by atoms with E-state index in [1.54, 1.807) is 10.3 Å². The predicted octanol–water partition coefficient (Wildman–Crippen LogP) is 3.45. The average molecular weight is 451 g/mol. The molecule has 0 amide bonds. The molecule has 32 heavy (non-hydrogen) atoms. The number of benzene rings is 2. The summed E-state index contributed by atoms with van der Waals surface area (Å²) in [4.78, 5) is 0. The molecule has 0 spiro atoms. The van der Waals surface area contributed by atoms with Crippen molar-refractivity contribution in [3.05, 3.63) is 84.1 Å². The third kappa shape index (κ3) is 6.12. The average Bonchev–Trinajstić information content (AvgIpc) is 3.24. The molecule has 0 saturated carbocycles. The summed E-state index contributed by atoms with van der Waals surface area (Å²) in [6.07, 6.45) is 2.85. The topological polar surface area (TPSA) is 75.4 Å². The zero-order chi connectivity index (χ0) is 23.1. The summed E-state index contributed by atoms with van der Waals surface area (Å²) in [6, 6.07) is 21.4. The molecule has 168 valence electrons. The molecule has 3 rings (SSSR count). The molecule has 0 radical (unpaired) electrons. The van der Waals surface area contributed by atoms with Crippen LogP contribution in [0, 0.1) is 0 Å². The zero-order valence-electron chi connectivity index (χ0n) is 19.0. The van der Waals surface area contributed by atoms with Crippen LogP contribution in [0.25, 0.3) is 0 Å². The number of sulfonamides is 1. The molecule has 1 heterocycles. The largest absolute Gasteiger partial charge is 0.391 e. The van der Waals surface area contributed by atoms with Gasteiger partial charge in [-0.1, -0.05) is 92.4 Å². The molecule has 0 aliphatic heterocycles. The van der Waals surface area contributed by atoms with Crippen molar-refractivity contribution in [1.82, 2.24) is 13.9 Å². The molecular formula is C23H31B2N3O3S. The first kappa shape index (κ1) is 24.3. The molecule has 0 fully saturated rings. The molecular weight excluding hydrogens is 420 g/mol. The Hall–Kier alpha value is -2.35. The van der Waals surface area contributed by atoms with Crippen LogP contribution >= 0.6 is 0 Å². The zero-order valence-corrected chi connectivity index (χ0v) is 19.8. The van der Waals surface area contributed by atoms with Gasteiger partial charge in [-0.25, -0.2) is 8.42 Å². The molecule has 9 heteroatoms. The van der Waals surface area contributed by atoms with Crippen molar-refractivity contribution in [3.8, 4) is 0 Å². The van der Waals surface area contributed by atoms with E-state index in [9.17, 15) is 13.5 Å². The molecule has 6 nitrogen and oxygen atoms in total. The summed E-state index contributed by atoms with van der Waals surface area (Å²) in [5.41, 5.74) is 2.17. The number of aliphatic hydroxyl groups is 1. The number of hydrogen-bond donors (Lipinski definition) is 1. The maximum absolute atomic E-state index is 13.8. The van der Waals surface area contributed by atoms with Crippen LogP contribution < -0.4 is 0 Å². The lowest BCUT2D eigenvalue weighted by atomic mass is 9.48. The predicted molar refractivity (Wildman–Crippen MR) is 131 cm³/mol. The quantitative estimate of drug-likeness (QED) is 0.454. The first-order valence-electron chi connectivity index (χ1n) is 11.1. The summed E-state index contributed by atoms with van der Waals surface area (Å²) in [7, 11) is -3.84. The van der Waals surface area contributed by atoms with E-state index in [4.69, 9.17) is 0 Å². The van der Waals surface area contributed by atoms with Gasteiger partial charge in [0, 0.05) is 6.20 Å². The second-order valence-corrected chi connectivity index (χ2v) is 10.1. The van der Waals surface area contributed by atoms with Crippen molar-refractivity contribution in [2.45, 2.75) is 57.3 Å². The first-order chi connectivity index (χ1) is 15.3. The van der Waals surface area contributed by atoms with E-state index in [1.807, 2.05) is 81.2 Å². The van der Waals surface area contributed by atoms with Crippen LogP contribution in [-0.2, 0) is 29.2 Å². The second-order valence-electron chi connectivity index (χ2n) is 8.35. The van der Waals surface area contributed by atoms with Crippen LogP contribution in [0.15, 0.2) is 78.0 Å². The van der Waals surface area contributed by atoms with Gasteiger partial charge in [-0.05, 0) is 25.1 Å². The van der Waals surface area contributed by atoms with Gasteiger partial charge >= 0.3 is 0 Å². The van der Waals surface area contributed by atoms with Crippen molar-refractivity contribution in [2.75, 3.05) is 0 Å². The van der Waals surface area contributed by atoms with Crippen LogP contribution in [0.1, 0.15) is 24.5 Å². The molecule has 1 unspecified atom stereocenters. The van der Waals surface area contributed by atoms with Crippen molar-refractivity contribution in [1.29, 1.82) is 0 Å². The Labute approximate surface area is 192 Å². The molecule has 0 aliphatic rings. The lowest BCUT2D eigenvalue weighted by molar-refractivity contribution is 0.144. The normalized spacial score (nSPS) is 12.7. The van der Waals surface area contributed by atoms with Gasteiger partial charge in [0.1, 0.15) is 0 Å². The highest BCUT2D eigenvalue weighted by molar-refractivity contribution is 7.91. The van der Waals surface area contributed by atoms with Gasteiger partial charge in [-0.15, -0.1) is 0 Å². The summed E-state index contributed by atoms with van der Waals surface area (Å²) < 4.78 is 30.6. The number of aliphatic hydroxyl groups excluding tert-OH is 1. The highest BCUT2D eigenvalue weighted by Gasteiger charge is 2.38. The van der Waals surface area contributed by atoms with Gasteiger partial charge in [0.25, 0.3) is 0 Å². The molecule has 1 N–H and O–H groups in total. The van der Waals surface area contributed by atoms with Gasteiger partial charge in [-0.2, -0.15) is 5.10 Å². The Morgan fingerprint density at radius 3 is 1.91 bits per heavy atom. The van der Waals surface area contributed by atoms with E-state index >= 15 is 0 Å². The maximum Gasteiger partial charge on any atom is 0.242 e. The lowest BCUT2D eigenvalue weighted by Gasteiger charge is -2.30. The Morgan fingerprint density at radius 1 is 0.938 bits per heavy atom. The number of rotatable bonds is 11. The smallest absolute Gasteiger partial charge is 0.242 e. The Bertz CT molecular complexity index is 1030. The second kappa shape index (κ2) is 11.0. The van der Waals surface area contributed by atoms with Gasteiger partial charge < -0.3 is 5.11 Å². The van der Waals surface area contributed by atoms with Gasteiger partial charge in [0.2, 0.25) is 23.7 Å². The maximum atomic E-state index is 13.8. The van der Waals surface area contributed by atoms with E-state index in [1.165, 1.54) is 10.7 Å². The minimum absolute atomic E-state index is 0.0145. The Kier molecular flexibility index (Phi) is 8.34. The minimum atomic E-state index is -3.84. The van der Waals surface area contributed by atoms with E-state index in [0.717, 1.165) is 11.1 Å². The molecule has 3 aromatic rings. The monoisotopic (exact) mass is 451 g/mol. The molecule has 0 saturated heterocycles. The third-order valence-electron chi connectivity index (χ3n) is 5.64. The summed E-state index contributed by atoms with van der Waals surface area (Å²) in [5, 5.41) is 14.2. The fraction of sp³-hybridized carbons (Fsp3) is 0.348. The van der Waals surface area contributed by atoms with E-state index in [-0.39, 0.29) is 25.3 Å². The standard InChI is InChI=1S/C23H31B2N3O3S/c1-4-22(29)19-27-16-15-23(26-27)32(30,31)28(24(2)17-20-11-7-5-8-12-20)25(3)18-21-13-9-6-10-14-21/h5-16,22,29H,4,17-19H2,1-3H3. The minimum Gasteiger partial charge on any atom is -0.391 e. The van der Waals surface area contributed by atoms with Gasteiger partial charge in [0.15, 0.2) is 5.03 Å². The first-order valence-corrected chi connectivity index (χ1v) is 12.6. The van der Waals surface area contributed by atoms with Crippen molar-refractivity contribution < 1.29 is 13.5 Å². The van der Waals surface area contributed by atoms with Crippen LogP contribution in [-0.4, -0.2) is 47.2 Å². The fourth-order valence-corrected chi connectivity index (χ4v) is 5.79. The van der Waals surface area contributed by atoms with E-state index < -0.39 is 16.1 Å². The molecule has 0 bridgehead atoms. The highest BCUT2D eigenvalue weighted by Crippen LogP contribution is 2.21. The van der Waals surface area contributed by atoms with Crippen molar-refractivity contribution in [3.63, 3.8) is 0 Å². The van der Waals surface area contributed by atoms with Crippen molar-refractivity contribution in [2.24, 2.45) is 0 Å². The third-order valence-corrected chi connectivity index (χ3v) is 7.66. The number of nitrogens with zero attached hydrogens (tertiary/aromatic N) is 3. The molecule has 2 aromatic carbocycles. The molecule has 1 atom stereocenters. The van der Waals surface area contributed by atoms with E-state index in [0.29, 0.717) is 19.1 Å². The summed E-state index contributed by atoms with van der Waals surface area (Å²) in [5.74, 6) is 0. The van der Waals surface area contributed by atoms with Gasteiger partial charge in [0.05, 0.1) is 12.6 Å².